The maximum absolute atomic E-state index is 13.9. The van der Waals surface area contributed by atoms with Crippen LogP contribution in [0.5, 0.6) is 0 Å². The zero-order valence-corrected chi connectivity index (χ0v) is 22.6. The normalized spacial score (nSPS) is 29.3. The third kappa shape index (κ3) is 7.20. The summed E-state index contributed by atoms with van der Waals surface area (Å²) >= 11 is 1.61. The van der Waals surface area contributed by atoms with E-state index >= 15 is 0 Å². The molecule has 3 aliphatic rings. The molecule has 4 rings (SSSR count). The van der Waals surface area contributed by atoms with E-state index in [1.807, 2.05) is 4.90 Å². The highest BCUT2D eigenvalue weighted by molar-refractivity contribution is 7.11. The van der Waals surface area contributed by atoms with Crippen molar-refractivity contribution in [3.8, 4) is 11.8 Å². The van der Waals surface area contributed by atoms with Gasteiger partial charge in [-0.3, -0.25) is 4.79 Å². The summed E-state index contributed by atoms with van der Waals surface area (Å²) in [5, 5.41) is 13.3. The number of amides is 1. The van der Waals surface area contributed by atoms with Gasteiger partial charge in [-0.2, -0.15) is 0 Å². The molecule has 0 spiro atoms. The van der Waals surface area contributed by atoms with Gasteiger partial charge in [-0.1, -0.05) is 23.5 Å². The van der Waals surface area contributed by atoms with Crippen LogP contribution in [0.2, 0.25) is 0 Å². The molecule has 1 saturated heterocycles. The number of anilines is 1. The topological polar surface area (TPSA) is 59.0 Å². The Labute approximate surface area is 214 Å². The van der Waals surface area contributed by atoms with Gasteiger partial charge >= 0.3 is 0 Å². The Morgan fingerprint density at radius 1 is 1.29 bits per heavy atom. The highest BCUT2D eigenvalue weighted by Gasteiger charge is 2.39. The van der Waals surface area contributed by atoms with Gasteiger partial charge < -0.3 is 19.5 Å². The number of carbonyl (C=O) groups is 1. The lowest BCUT2D eigenvalue weighted by atomic mass is 9.81. The van der Waals surface area contributed by atoms with Crippen molar-refractivity contribution in [1.29, 1.82) is 0 Å². The predicted octanol–water partition coefficient (Wildman–Crippen LogP) is 5.70. The van der Waals surface area contributed by atoms with E-state index in [2.05, 4.69) is 57.1 Å². The van der Waals surface area contributed by atoms with E-state index < -0.39 is 5.60 Å². The SMILES string of the molecule is CC1=CC[C@H](C(=O)N(c2csc(C#CC(C)(C)C)c2)[C@H]2CC[C@@](O)(CO[C@H]3CCOC3)CC2)CC1. The first kappa shape index (κ1) is 26.4. The molecule has 192 valence electrons. The molecule has 6 heteroatoms. The Morgan fingerprint density at radius 3 is 2.69 bits per heavy atom. The van der Waals surface area contributed by atoms with Crippen molar-refractivity contribution < 1.29 is 19.4 Å². The van der Waals surface area contributed by atoms with Crippen molar-refractivity contribution in [3.05, 3.63) is 28.0 Å². The van der Waals surface area contributed by atoms with Crippen molar-refractivity contribution >= 4 is 22.9 Å². The molecule has 1 aromatic heterocycles. The van der Waals surface area contributed by atoms with Crippen molar-refractivity contribution in [2.75, 3.05) is 24.7 Å². The molecule has 2 fully saturated rings. The fraction of sp³-hybridized carbons (Fsp3) is 0.690. The second-order valence-electron chi connectivity index (χ2n) is 11.7. The van der Waals surface area contributed by atoms with Crippen LogP contribution in [0.3, 0.4) is 0 Å². The van der Waals surface area contributed by atoms with Crippen LogP contribution in [-0.2, 0) is 14.3 Å². The largest absolute Gasteiger partial charge is 0.387 e. The fourth-order valence-electron chi connectivity index (χ4n) is 5.13. The third-order valence-corrected chi connectivity index (χ3v) is 8.21. The first-order valence-electron chi connectivity index (χ1n) is 13.1. The van der Waals surface area contributed by atoms with Crippen LogP contribution in [0.15, 0.2) is 23.1 Å². The molecule has 2 atom stereocenters. The first-order valence-corrected chi connectivity index (χ1v) is 14.0. The van der Waals surface area contributed by atoms with Gasteiger partial charge in [0.1, 0.15) is 0 Å². The number of hydrogen-bond donors (Lipinski definition) is 1. The van der Waals surface area contributed by atoms with E-state index in [4.69, 9.17) is 9.47 Å². The third-order valence-electron chi connectivity index (χ3n) is 7.38. The van der Waals surface area contributed by atoms with Crippen molar-refractivity contribution in [2.45, 2.75) is 96.8 Å². The second kappa shape index (κ2) is 11.2. The molecular formula is C29H41NO4S. The highest BCUT2D eigenvalue weighted by Crippen LogP contribution is 2.37. The number of allylic oxidation sites excluding steroid dienone is 2. The minimum Gasteiger partial charge on any atom is -0.387 e. The Kier molecular flexibility index (Phi) is 8.43. The number of aliphatic hydroxyl groups is 1. The molecule has 5 nitrogen and oxygen atoms in total. The number of ether oxygens (including phenoxy) is 2. The molecule has 1 saturated carbocycles. The monoisotopic (exact) mass is 499 g/mol. The van der Waals surface area contributed by atoms with Gasteiger partial charge in [0.15, 0.2) is 0 Å². The van der Waals surface area contributed by atoms with E-state index in [1.54, 1.807) is 11.3 Å². The van der Waals surface area contributed by atoms with E-state index in [-0.39, 0.29) is 29.4 Å². The average molecular weight is 500 g/mol. The van der Waals surface area contributed by atoms with E-state index in [1.165, 1.54) is 5.57 Å². The zero-order chi connectivity index (χ0) is 25.1. The van der Waals surface area contributed by atoms with Gasteiger partial charge in [-0.25, -0.2) is 0 Å². The lowest BCUT2D eigenvalue weighted by Gasteiger charge is -2.42. The molecule has 0 unspecified atom stereocenters. The molecule has 2 heterocycles. The molecule has 1 amide bonds. The van der Waals surface area contributed by atoms with Gasteiger partial charge in [0.25, 0.3) is 0 Å². The van der Waals surface area contributed by atoms with Crippen LogP contribution < -0.4 is 4.90 Å². The maximum atomic E-state index is 13.9. The Balaban J connectivity index is 1.48. The maximum Gasteiger partial charge on any atom is 0.230 e. The summed E-state index contributed by atoms with van der Waals surface area (Å²) in [5.41, 5.74) is 1.45. The van der Waals surface area contributed by atoms with E-state index in [0.717, 1.165) is 55.7 Å². The zero-order valence-electron chi connectivity index (χ0n) is 21.8. The number of hydrogen-bond acceptors (Lipinski definition) is 5. The van der Waals surface area contributed by atoms with Crippen molar-refractivity contribution in [1.82, 2.24) is 0 Å². The van der Waals surface area contributed by atoms with Crippen LogP contribution in [0.25, 0.3) is 0 Å². The lowest BCUT2D eigenvalue weighted by molar-refractivity contribution is -0.124. The Morgan fingerprint density at radius 2 is 2.06 bits per heavy atom. The minimum absolute atomic E-state index is 0.0224. The van der Waals surface area contributed by atoms with Gasteiger partial charge in [0.2, 0.25) is 5.91 Å². The highest BCUT2D eigenvalue weighted by atomic mass is 32.1. The lowest BCUT2D eigenvalue weighted by Crippen LogP contribution is -2.50. The fourth-order valence-corrected chi connectivity index (χ4v) is 5.86. The van der Waals surface area contributed by atoms with Crippen LogP contribution >= 0.6 is 11.3 Å². The average Bonchev–Trinajstić information content (AvgIpc) is 3.50. The molecular weight excluding hydrogens is 458 g/mol. The molecule has 0 bridgehead atoms. The number of thiophene rings is 1. The summed E-state index contributed by atoms with van der Waals surface area (Å²) in [6.45, 7) is 10.2. The summed E-state index contributed by atoms with van der Waals surface area (Å²) in [6.07, 6.45) is 8.75. The molecule has 0 radical (unpaired) electrons. The standard InChI is InChI=1S/C29H41NO4S/c1-21-5-7-22(8-6-21)27(31)30(24-17-26(35-19-24)11-13-28(2,3)4)23-9-14-29(32,15-10-23)20-34-25-12-16-33-18-25/h5,17,19,22-23,25,32H,6-10,12,14-16,18,20H2,1-4H3/t22-,23-,25-,29-/m0/s1. The molecule has 35 heavy (non-hydrogen) atoms. The molecule has 1 N–H and O–H groups in total. The smallest absolute Gasteiger partial charge is 0.230 e. The molecule has 1 aliphatic heterocycles. The second-order valence-corrected chi connectivity index (χ2v) is 12.6. The van der Waals surface area contributed by atoms with Crippen LogP contribution in [0.4, 0.5) is 5.69 Å². The van der Waals surface area contributed by atoms with E-state index in [9.17, 15) is 9.90 Å². The quantitative estimate of drug-likeness (QED) is 0.403. The van der Waals surface area contributed by atoms with Gasteiger partial charge in [-0.05, 0) is 85.1 Å². The Hall–Kier alpha value is -1.65. The molecule has 0 aromatic carbocycles. The van der Waals surface area contributed by atoms with Crippen LogP contribution in [-0.4, -0.2) is 48.6 Å². The number of rotatable bonds is 6. The van der Waals surface area contributed by atoms with Crippen molar-refractivity contribution in [3.63, 3.8) is 0 Å². The summed E-state index contributed by atoms with van der Waals surface area (Å²) in [6, 6.07) is 2.16. The minimum atomic E-state index is -0.823. The number of nitrogens with zero attached hydrogens (tertiary/aromatic N) is 1. The van der Waals surface area contributed by atoms with Gasteiger partial charge in [-0.15, -0.1) is 11.3 Å². The van der Waals surface area contributed by atoms with Gasteiger partial charge in [0, 0.05) is 29.4 Å². The summed E-state index contributed by atoms with van der Waals surface area (Å²) < 4.78 is 11.4. The van der Waals surface area contributed by atoms with Crippen LogP contribution in [0, 0.1) is 23.2 Å². The van der Waals surface area contributed by atoms with E-state index in [0.29, 0.717) is 26.1 Å². The molecule has 1 aromatic rings. The predicted molar refractivity (Wildman–Crippen MR) is 142 cm³/mol. The van der Waals surface area contributed by atoms with Crippen molar-refractivity contribution in [2.24, 2.45) is 11.3 Å². The first-order chi connectivity index (χ1) is 16.6. The molecule has 2 aliphatic carbocycles. The van der Waals surface area contributed by atoms with Gasteiger partial charge in [0.05, 0.1) is 35.5 Å². The van der Waals surface area contributed by atoms with Crippen LogP contribution in [0.1, 0.15) is 83.9 Å². The number of carbonyl (C=O) groups excluding carboxylic acids is 1. The Bertz CT molecular complexity index is 965. The summed E-state index contributed by atoms with van der Waals surface area (Å²) in [7, 11) is 0. The summed E-state index contributed by atoms with van der Waals surface area (Å²) in [5.74, 6) is 6.85. The summed E-state index contributed by atoms with van der Waals surface area (Å²) in [4.78, 5) is 16.9.